The Morgan fingerprint density at radius 3 is 1.76 bits per heavy atom. The number of nitro benzene ring substituents is 1. The summed E-state index contributed by atoms with van der Waals surface area (Å²) >= 11 is 30.1. The molecule has 0 atom stereocenters. The summed E-state index contributed by atoms with van der Waals surface area (Å²) in [7, 11) is -1.28. The van der Waals surface area contributed by atoms with Crippen molar-refractivity contribution in [3.63, 3.8) is 0 Å². The van der Waals surface area contributed by atoms with E-state index in [1.807, 2.05) is 61.1 Å². The minimum absolute atomic E-state index is 0.0226. The third kappa shape index (κ3) is 13.9. The predicted molar refractivity (Wildman–Crippen MR) is 263 cm³/mol. The Labute approximate surface area is 401 Å². The van der Waals surface area contributed by atoms with Gasteiger partial charge < -0.3 is 39.2 Å². The summed E-state index contributed by atoms with van der Waals surface area (Å²) in [6.07, 6.45) is 13.4. The standard InChI is InChI=1S/C13H14ClNO.C13H12ClNO.C8H5BrClN.C6H3BrClNO2.C5H9BO3/c2*14-11-7-10-1-4-15-13(10)12(8-11)9-2-5-16-6-3-9;9-7-4-6(10)3-5-1-2-11-8(5)7;7-5-3-4(8)1-2-6(5)9(10)11;7-6(8)5-1-3-9-4-2-5/h1,4,7-9,15H,2-3,5-6H2;1-2,4,7-8,15H,3,5-6H2;1-4,11H;1-3H;1,7-8H,2-4H2. The average molecular weight is 1060 g/mol. The van der Waals surface area contributed by atoms with E-state index in [-0.39, 0.29) is 5.69 Å². The topological polar surface area (TPSA) is 159 Å². The second kappa shape index (κ2) is 24.0. The number of hydrogen-bond acceptors (Lipinski definition) is 7. The van der Waals surface area contributed by atoms with Gasteiger partial charge in [0.25, 0.3) is 5.69 Å². The highest BCUT2D eigenvalue weighted by atomic mass is 79.9. The molecule has 0 amide bonds. The minimum atomic E-state index is -1.28. The van der Waals surface area contributed by atoms with Crippen LogP contribution in [0.5, 0.6) is 0 Å². The van der Waals surface area contributed by atoms with Crippen molar-refractivity contribution in [1.29, 1.82) is 0 Å². The minimum Gasteiger partial charge on any atom is -0.423 e. The molecule has 6 heterocycles. The average Bonchev–Trinajstić information content (AvgIpc) is 4.07. The summed E-state index contributed by atoms with van der Waals surface area (Å²) in [5.74, 6) is 0.577. The van der Waals surface area contributed by atoms with Crippen LogP contribution in [0.1, 0.15) is 42.7 Å². The number of aromatic amines is 3. The molecule has 3 aliphatic heterocycles. The smallest absolute Gasteiger partial charge is 0.423 e. The molecule has 10 rings (SSSR count). The summed E-state index contributed by atoms with van der Waals surface area (Å²) in [5, 5.41) is 33.8. The molecule has 11 nitrogen and oxygen atoms in total. The lowest BCUT2D eigenvalue weighted by Crippen LogP contribution is -2.20. The van der Waals surface area contributed by atoms with Gasteiger partial charge in [0, 0.05) is 89.7 Å². The van der Waals surface area contributed by atoms with Crippen LogP contribution in [0.15, 0.2) is 118 Å². The van der Waals surface area contributed by atoms with Crippen molar-refractivity contribution < 1.29 is 29.2 Å². The van der Waals surface area contributed by atoms with Crippen LogP contribution in [0.3, 0.4) is 0 Å². The number of benzene rings is 4. The maximum absolute atomic E-state index is 10.3. The highest BCUT2D eigenvalue weighted by Gasteiger charge is 2.20. The Kier molecular flexibility index (Phi) is 18.6. The van der Waals surface area contributed by atoms with Crippen LogP contribution in [0.4, 0.5) is 5.69 Å². The van der Waals surface area contributed by atoms with Crippen LogP contribution in [-0.4, -0.2) is 76.7 Å². The van der Waals surface area contributed by atoms with E-state index in [4.69, 9.17) is 70.7 Å². The number of hydrogen-bond donors (Lipinski definition) is 5. The Bertz CT molecular complexity index is 2700. The van der Waals surface area contributed by atoms with Crippen molar-refractivity contribution >= 4 is 129 Å². The fraction of sp³-hybridized carbons (Fsp3) is 0.244. The zero-order valence-corrected chi connectivity index (χ0v) is 39.9. The molecule has 0 aliphatic carbocycles. The highest BCUT2D eigenvalue weighted by Crippen LogP contribution is 2.35. The molecule has 0 bridgehead atoms. The summed E-state index contributed by atoms with van der Waals surface area (Å²) < 4.78 is 17.1. The summed E-state index contributed by atoms with van der Waals surface area (Å²) in [6.45, 7) is 4.32. The van der Waals surface area contributed by atoms with Gasteiger partial charge in [0.15, 0.2) is 0 Å². The number of rotatable bonds is 4. The van der Waals surface area contributed by atoms with Crippen molar-refractivity contribution in [2.75, 3.05) is 39.6 Å². The van der Waals surface area contributed by atoms with E-state index in [9.17, 15) is 10.1 Å². The number of fused-ring (bicyclic) bond motifs is 3. The lowest BCUT2D eigenvalue weighted by atomic mass is 9.77. The molecule has 1 fully saturated rings. The molecule has 3 aromatic heterocycles. The van der Waals surface area contributed by atoms with E-state index in [2.05, 4.69) is 65.0 Å². The van der Waals surface area contributed by atoms with Crippen LogP contribution in [0.2, 0.25) is 20.1 Å². The molecule has 0 unspecified atom stereocenters. The predicted octanol–water partition coefficient (Wildman–Crippen LogP) is 13.3. The zero-order valence-electron chi connectivity index (χ0n) is 33.7. The normalized spacial score (nSPS) is 15.0. The first-order chi connectivity index (χ1) is 30.4. The van der Waals surface area contributed by atoms with Gasteiger partial charge in [-0.2, -0.15) is 0 Å². The van der Waals surface area contributed by atoms with Crippen LogP contribution in [-0.2, 0) is 14.2 Å². The third-order valence-electron chi connectivity index (χ3n) is 10.3. The molecule has 0 saturated carbocycles. The van der Waals surface area contributed by atoms with Gasteiger partial charge in [-0.05, 0) is 147 Å². The van der Waals surface area contributed by atoms with Crippen LogP contribution < -0.4 is 0 Å². The van der Waals surface area contributed by atoms with Gasteiger partial charge >= 0.3 is 7.12 Å². The maximum Gasteiger partial charge on any atom is 0.483 e. The Morgan fingerprint density at radius 1 is 0.635 bits per heavy atom. The molecule has 3 aliphatic rings. The largest absolute Gasteiger partial charge is 0.483 e. The fourth-order valence-electron chi connectivity index (χ4n) is 7.15. The second-order valence-electron chi connectivity index (χ2n) is 14.4. The Hall–Kier alpha value is -3.64. The van der Waals surface area contributed by atoms with E-state index in [0.717, 1.165) is 80.4 Å². The zero-order chi connectivity index (χ0) is 44.9. The quantitative estimate of drug-likeness (QED) is 0.0667. The highest BCUT2D eigenvalue weighted by molar-refractivity contribution is 9.11. The number of aromatic nitrogens is 3. The molecule has 1 saturated heterocycles. The molecule has 4 aromatic carbocycles. The van der Waals surface area contributed by atoms with E-state index in [1.54, 1.807) is 6.08 Å². The van der Waals surface area contributed by atoms with Crippen LogP contribution >= 0.6 is 78.3 Å². The number of nitrogens with one attached hydrogen (secondary N) is 3. The molecule has 330 valence electrons. The Morgan fingerprint density at radius 2 is 1.19 bits per heavy atom. The van der Waals surface area contributed by atoms with Gasteiger partial charge in [-0.25, -0.2) is 0 Å². The van der Waals surface area contributed by atoms with E-state index < -0.39 is 12.0 Å². The number of nitrogens with zero attached hydrogens (tertiary/aromatic N) is 1. The molecule has 18 heteroatoms. The monoisotopic (exact) mass is 1060 g/mol. The summed E-state index contributed by atoms with van der Waals surface area (Å²) in [6, 6.07) is 22.3. The molecule has 7 aromatic rings. The van der Waals surface area contributed by atoms with Crippen molar-refractivity contribution in [3.05, 3.63) is 159 Å². The first kappa shape index (κ1) is 48.8. The van der Waals surface area contributed by atoms with Gasteiger partial charge in [0.05, 0.1) is 46.9 Å². The van der Waals surface area contributed by atoms with Crippen LogP contribution in [0.25, 0.3) is 38.3 Å². The first-order valence-electron chi connectivity index (χ1n) is 19.9. The molecular formula is C45H43BBr2Cl4N4O7. The maximum atomic E-state index is 10.3. The Balaban J connectivity index is 0.000000134. The summed E-state index contributed by atoms with van der Waals surface area (Å²) in [5.41, 5.74) is 8.05. The summed E-state index contributed by atoms with van der Waals surface area (Å²) in [4.78, 5) is 19.5. The van der Waals surface area contributed by atoms with E-state index in [1.165, 1.54) is 45.8 Å². The van der Waals surface area contributed by atoms with Crippen molar-refractivity contribution in [3.8, 4) is 0 Å². The number of nitro groups is 1. The number of ether oxygens (including phenoxy) is 3. The SMILES string of the molecule is Clc1cc(Br)c2[nH]ccc2c1.Clc1cc(C2=CCOCC2)c2[nH]ccc2c1.Clc1cc(C2CCOCC2)c2[nH]ccc2c1.O=[N+]([O-])c1ccc(Cl)cc1Br.OB(O)C1=CCOCC1. The third-order valence-corrected chi connectivity index (χ3v) is 12.4. The molecule has 63 heavy (non-hydrogen) atoms. The first-order valence-corrected chi connectivity index (χ1v) is 23.0. The van der Waals surface area contributed by atoms with Gasteiger partial charge in [-0.15, -0.1) is 0 Å². The van der Waals surface area contributed by atoms with Gasteiger partial charge in [-0.3, -0.25) is 10.1 Å². The molecule has 5 N–H and O–H groups in total. The van der Waals surface area contributed by atoms with Gasteiger partial charge in [0.1, 0.15) is 0 Å². The van der Waals surface area contributed by atoms with Gasteiger partial charge in [-0.1, -0.05) is 58.6 Å². The molecule has 0 spiro atoms. The van der Waals surface area contributed by atoms with Crippen LogP contribution in [0, 0.1) is 10.1 Å². The second-order valence-corrected chi connectivity index (χ2v) is 17.9. The van der Waals surface area contributed by atoms with Gasteiger partial charge in [0.2, 0.25) is 0 Å². The van der Waals surface area contributed by atoms with E-state index >= 15 is 0 Å². The lowest BCUT2D eigenvalue weighted by molar-refractivity contribution is -0.385. The van der Waals surface area contributed by atoms with Crippen molar-refractivity contribution in [2.24, 2.45) is 0 Å². The number of H-pyrrole nitrogens is 3. The molecule has 0 radical (unpaired) electrons. The molecular weight excluding hydrogens is 1020 g/mol. The van der Waals surface area contributed by atoms with E-state index in [0.29, 0.717) is 47.1 Å². The number of halogens is 6. The lowest BCUT2D eigenvalue weighted by Gasteiger charge is -2.23. The van der Waals surface area contributed by atoms with Crippen molar-refractivity contribution in [2.45, 2.75) is 31.6 Å². The van der Waals surface area contributed by atoms with Crippen molar-refractivity contribution in [1.82, 2.24) is 15.0 Å². The fourth-order valence-corrected chi connectivity index (χ4v) is 9.39.